The molecule has 1 aromatic heterocycles. The van der Waals surface area contributed by atoms with Gasteiger partial charge in [-0.15, -0.1) is 11.3 Å². The number of carbonyl (C=O) groups excluding carboxylic acids is 2. The van der Waals surface area contributed by atoms with E-state index in [0.29, 0.717) is 36.7 Å². The molecule has 0 spiro atoms. The maximum atomic E-state index is 12.9. The monoisotopic (exact) mass is 403 g/mol. The van der Waals surface area contributed by atoms with Crippen molar-refractivity contribution in [1.82, 2.24) is 15.1 Å². The Bertz CT molecular complexity index is 802. The summed E-state index contributed by atoms with van der Waals surface area (Å²) in [4.78, 5) is 29.7. The van der Waals surface area contributed by atoms with E-state index in [1.54, 1.807) is 25.3 Å². The minimum Gasteiger partial charge on any atom is -0.493 e. The molecule has 0 atom stereocenters. The molecule has 1 aliphatic rings. The SMILES string of the molecule is COc1cccc(C(=O)N2CCN(CCNC(=O)c3cccs3)CC2)c1OC. The first-order chi connectivity index (χ1) is 13.6. The lowest BCUT2D eigenvalue weighted by atomic mass is 10.1. The van der Waals surface area contributed by atoms with Gasteiger partial charge in [-0.05, 0) is 23.6 Å². The molecule has 0 aliphatic carbocycles. The zero-order chi connectivity index (χ0) is 19.9. The molecule has 7 nitrogen and oxygen atoms in total. The number of amides is 2. The van der Waals surface area contributed by atoms with Gasteiger partial charge >= 0.3 is 0 Å². The van der Waals surface area contributed by atoms with E-state index < -0.39 is 0 Å². The van der Waals surface area contributed by atoms with Gasteiger partial charge in [-0.25, -0.2) is 0 Å². The van der Waals surface area contributed by atoms with E-state index >= 15 is 0 Å². The van der Waals surface area contributed by atoms with Crippen LogP contribution in [0.1, 0.15) is 20.0 Å². The van der Waals surface area contributed by atoms with Gasteiger partial charge in [-0.1, -0.05) is 12.1 Å². The van der Waals surface area contributed by atoms with Crippen LogP contribution in [0.3, 0.4) is 0 Å². The van der Waals surface area contributed by atoms with Crippen molar-refractivity contribution in [1.29, 1.82) is 0 Å². The molecule has 28 heavy (non-hydrogen) atoms. The summed E-state index contributed by atoms with van der Waals surface area (Å²) in [5, 5.41) is 4.83. The number of hydrogen-bond acceptors (Lipinski definition) is 6. The summed E-state index contributed by atoms with van der Waals surface area (Å²) < 4.78 is 10.7. The van der Waals surface area contributed by atoms with Crippen LogP contribution in [0.15, 0.2) is 35.7 Å². The smallest absolute Gasteiger partial charge is 0.261 e. The lowest BCUT2D eigenvalue weighted by Crippen LogP contribution is -2.50. The van der Waals surface area contributed by atoms with E-state index in [1.165, 1.54) is 18.4 Å². The van der Waals surface area contributed by atoms with Crippen molar-refractivity contribution in [3.63, 3.8) is 0 Å². The first kappa shape index (κ1) is 20.2. The van der Waals surface area contributed by atoms with Crippen molar-refractivity contribution >= 4 is 23.2 Å². The summed E-state index contributed by atoms with van der Waals surface area (Å²) in [6.07, 6.45) is 0. The molecule has 2 aromatic rings. The Hall–Kier alpha value is -2.58. The number of carbonyl (C=O) groups is 2. The number of thiophene rings is 1. The van der Waals surface area contributed by atoms with Crippen LogP contribution in [-0.4, -0.2) is 75.1 Å². The predicted octanol–water partition coefficient (Wildman–Crippen LogP) is 1.95. The van der Waals surface area contributed by atoms with Crippen LogP contribution in [0.2, 0.25) is 0 Å². The lowest BCUT2D eigenvalue weighted by Gasteiger charge is -2.35. The summed E-state index contributed by atoms with van der Waals surface area (Å²) in [6.45, 7) is 4.17. The summed E-state index contributed by atoms with van der Waals surface area (Å²) >= 11 is 1.44. The Labute approximate surface area is 168 Å². The Morgan fingerprint density at radius 1 is 1.07 bits per heavy atom. The largest absolute Gasteiger partial charge is 0.493 e. The highest BCUT2D eigenvalue weighted by Gasteiger charge is 2.25. The van der Waals surface area contributed by atoms with Crippen molar-refractivity contribution in [2.24, 2.45) is 0 Å². The van der Waals surface area contributed by atoms with E-state index in [2.05, 4.69) is 10.2 Å². The number of hydrogen-bond donors (Lipinski definition) is 1. The first-order valence-corrected chi connectivity index (χ1v) is 10.1. The van der Waals surface area contributed by atoms with Gasteiger partial charge in [0.1, 0.15) is 0 Å². The number of rotatable bonds is 7. The number of nitrogens with zero attached hydrogens (tertiary/aromatic N) is 2. The molecule has 8 heteroatoms. The van der Waals surface area contributed by atoms with Gasteiger partial charge in [0, 0.05) is 39.3 Å². The predicted molar refractivity (Wildman–Crippen MR) is 109 cm³/mol. The van der Waals surface area contributed by atoms with E-state index in [-0.39, 0.29) is 11.8 Å². The molecule has 1 aliphatic heterocycles. The molecule has 1 N–H and O–H groups in total. The Morgan fingerprint density at radius 2 is 1.86 bits per heavy atom. The van der Waals surface area contributed by atoms with Crippen LogP contribution in [-0.2, 0) is 0 Å². The van der Waals surface area contributed by atoms with Crippen LogP contribution in [0, 0.1) is 0 Å². The quantitative estimate of drug-likeness (QED) is 0.765. The molecule has 1 fully saturated rings. The van der Waals surface area contributed by atoms with E-state index in [4.69, 9.17) is 9.47 Å². The third kappa shape index (κ3) is 4.63. The molecular formula is C20H25N3O4S. The number of methoxy groups -OCH3 is 2. The fourth-order valence-electron chi connectivity index (χ4n) is 3.22. The highest BCUT2D eigenvalue weighted by Crippen LogP contribution is 2.31. The third-order valence-corrected chi connectivity index (χ3v) is 5.62. The molecule has 2 heterocycles. The van der Waals surface area contributed by atoms with Crippen molar-refractivity contribution in [2.75, 3.05) is 53.5 Å². The summed E-state index contributed by atoms with van der Waals surface area (Å²) in [6, 6.07) is 9.01. The second-order valence-corrected chi connectivity index (χ2v) is 7.36. The van der Waals surface area contributed by atoms with Gasteiger partial charge in [0.05, 0.1) is 24.7 Å². The zero-order valence-corrected chi connectivity index (χ0v) is 17.0. The fraction of sp³-hybridized carbons (Fsp3) is 0.400. The van der Waals surface area contributed by atoms with E-state index in [9.17, 15) is 9.59 Å². The van der Waals surface area contributed by atoms with Gasteiger partial charge in [0.25, 0.3) is 11.8 Å². The number of piperazine rings is 1. The molecule has 0 radical (unpaired) electrons. The summed E-state index contributed by atoms with van der Waals surface area (Å²) in [7, 11) is 3.10. The molecule has 0 unspecified atom stereocenters. The molecule has 0 saturated carbocycles. The molecule has 3 rings (SSSR count). The second kappa shape index (κ2) is 9.57. The van der Waals surface area contributed by atoms with Crippen molar-refractivity contribution < 1.29 is 19.1 Å². The highest BCUT2D eigenvalue weighted by molar-refractivity contribution is 7.12. The standard InChI is InChI=1S/C20H25N3O4S/c1-26-16-6-3-5-15(18(16)27-2)20(25)23-12-10-22(11-13-23)9-8-21-19(24)17-7-4-14-28-17/h3-7,14H,8-13H2,1-2H3,(H,21,24). The highest BCUT2D eigenvalue weighted by atomic mass is 32.1. The molecular weight excluding hydrogens is 378 g/mol. The van der Waals surface area contributed by atoms with Gasteiger partial charge in [0.2, 0.25) is 0 Å². The van der Waals surface area contributed by atoms with Gasteiger partial charge < -0.3 is 19.7 Å². The van der Waals surface area contributed by atoms with Gasteiger partial charge in [-0.3, -0.25) is 14.5 Å². The normalized spacial score (nSPS) is 14.6. The summed E-state index contributed by atoms with van der Waals surface area (Å²) in [5.74, 6) is 0.928. The number of nitrogens with one attached hydrogen (secondary N) is 1. The zero-order valence-electron chi connectivity index (χ0n) is 16.1. The minimum atomic E-state index is -0.0543. The van der Waals surface area contributed by atoms with Crippen molar-refractivity contribution in [3.8, 4) is 11.5 Å². The minimum absolute atomic E-state index is 0.0334. The summed E-state index contributed by atoms with van der Waals surface area (Å²) in [5.41, 5.74) is 0.513. The van der Waals surface area contributed by atoms with E-state index in [1.807, 2.05) is 22.4 Å². The Morgan fingerprint density at radius 3 is 2.50 bits per heavy atom. The van der Waals surface area contributed by atoms with Crippen molar-refractivity contribution in [3.05, 3.63) is 46.2 Å². The van der Waals surface area contributed by atoms with Crippen LogP contribution in [0.25, 0.3) is 0 Å². The maximum Gasteiger partial charge on any atom is 0.261 e. The fourth-order valence-corrected chi connectivity index (χ4v) is 3.86. The van der Waals surface area contributed by atoms with Crippen LogP contribution < -0.4 is 14.8 Å². The van der Waals surface area contributed by atoms with Gasteiger partial charge in [-0.2, -0.15) is 0 Å². The van der Waals surface area contributed by atoms with E-state index in [0.717, 1.165) is 24.5 Å². The Kier molecular flexibility index (Phi) is 6.89. The van der Waals surface area contributed by atoms with Crippen LogP contribution in [0.5, 0.6) is 11.5 Å². The number of benzene rings is 1. The molecule has 150 valence electrons. The number of ether oxygens (including phenoxy) is 2. The number of para-hydroxylation sites is 1. The molecule has 0 bridgehead atoms. The third-order valence-electron chi connectivity index (χ3n) is 4.75. The lowest BCUT2D eigenvalue weighted by molar-refractivity contribution is 0.0634. The van der Waals surface area contributed by atoms with Crippen molar-refractivity contribution in [2.45, 2.75) is 0 Å². The first-order valence-electron chi connectivity index (χ1n) is 9.18. The Balaban J connectivity index is 1.49. The topological polar surface area (TPSA) is 71.1 Å². The molecule has 2 amide bonds. The average Bonchev–Trinajstić information content (AvgIpc) is 3.28. The van der Waals surface area contributed by atoms with Crippen LogP contribution in [0.4, 0.5) is 0 Å². The average molecular weight is 404 g/mol. The molecule has 1 aromatic carbocycles. The van der Waals surface area contributed by atoms with Gasteiger partial charge in [0.15, 0.2) is 11.5 Å². The van der Waals surface area contributed by atoms with Crippen LogP contribution >= 0.6 is 11.3 Å². The second-order valence-electron chi connectivity index (χ2n) is 6.41. The molecule has 1 saturated heterocycles. The maximum absolute atomic E-state index is 12.9.